The van der Waals surface area contributed by atoms with Gasteiger partial charge in [-0.3, -0.25) is 9.59 Å². The van der Waals surface area contributed by atoms with E-state index in [4.69, 9.17) is 21.1 Å². The number of unbranched alkanes of at least 4 members (excludes halogenated alkanes) is 2. The van der Waals surface area contributed by atoms with Crippen LogP contribution in [0.25, 0.3) is 10.9 Å². The van der Waals surface area contributed by atoms with Crippen LogP contribution in [0.5, 0.6) is 11.5 Å². The van der Waals surface area contributed by atoms with Gasteiger partial charge < -0.3 is 19.8 Å². The van der Waals surface area contributed by atoms with Crippen LogP contribution >= 0.6 is 11.6 Å². The zero-order valence-electron chi connectivity index (χ0n) is 18.9. The molecule has 0 aliphatic carbocycles. The number of aromatic nitrogens is 1. The highest BCUT2D eigenvalue weighted by molar-refractivity contribution is 6.31. The Kier molecular flexibility index (Phi) is 7.46. The van der Waals surface area contributed by atoms with Gasteiger partial charge in [-0.25, -0.2) is 0 Å². The Hall–Kier alpha value is -2.99. The van der Waals surface area contributed by atoms with E-state index < -0.39 is 17.0 Å². The predicted octanol–water partition coefficient (Wildman–Crippen LogP) is 5.42. The summed E-state index contributed by atoms with van der Waals surface area (Å²) in [7, 11) is 1.55. The standard InChI is InChI=1S/C25H29ClN2O4/c1-5-6-9-14-32-22-20(31-4)13-12-16-15-17(23(29)27-21(16)22)24(30)28-25(2,3)18-10-7-8-11-19(18)26/h7-8,10-13,15H,5-6,9,14H2,1-4H3,(H,27,29)(H,28,30). The maximum atomic E-state index is 13.0. The zero-order valence-corrected chi connectivity index (χ0v) is 19.6. The monoisotopic (exact) mass is 456 g/mol. The number of rotatable bonds is 9. The number of carbonyl (C=O) groups is 1. The second-order valence-electron chi connectivity index (χ2n) is 8.19. The number of methoxy groups -OCH3 is 1. The second-order valence-corrected chi connectivity index (χ2v) is 8.60. The Balaban J connectivity index is 1.94. The van der Waals surface area contributed by atoms with Gasteiger partial charge >= 0.3 is 0 Å². The molecule has 0 bridgehead atoms. The van der Waals surface area contributed by atoms with Crippen molar-refractivity contribution in [1.29, 1.82) is 0 Å². The zero-order chi connectivity index (χ0) is 23.3. The van der Waals surface area contributed by atoms with Gasteiger partial charge in [-0.05, 0) is 50.1 Å². The first-order chi connectivity index (χ1) is 15.3. The summed E-state index contributed by atoms with van der Waals surface area (Å²) in [5.74, 6) is 0.516. The van der Waals surface area contributed by atoms with Gasteiger partial charge in [0.25, 0.3) is 11.5 Å². The molecule has 3 aromatic rings. The van der Waals surface area contributed by atoms with E-state index in [1.807, 2.05) is 32.0 Å². The van der Waals surface area contributed by atoms with Gasteiger partial charge in [-0.2, -0.15) is 0 Å². The van der Waals surface area contributed by atoms with Crippen molar-refractivity contribution >= 4 is 28.4 Å². The van der Waals surface area contributed by atoms with Gasteiger partial charge in [0.1, 0.15) is 5.56 Å². The SMILES string of the molecule is CCCCCOc1c(OC)ccc2cc(C(=O)NC(C)(C)c3ccccc3Cl)c(=O)[nH]c12. The molecule has 2 N–H and O–H groups in total. The molecule has 3 rings (SSSR count). The number of ether oxygens (including phenoxy) is 2. The van der Waals surface area contributed by atoms with Crippen LogP contribution in [0.15, 0.2) is 47.3 Å². The topological polar surface area (TPSA) is 80.4 Å². The van der Waals surface area contributed by atoms with Crippen molar-refractivity contribution in [1.82, 2.24) is 10.3 Å². The summed E-state index contributed by atoms with van der Waals surface area (Å²) < 4.78 is 11.4. The van der Waals surface area contributed by atoms with Gasteiger partial charge in [0.2, 0.25) is 0 Å². The van der Waals surface area contributed by atoms with Crippen molar-refractivity contribution in [3.8, 4) is 11.5 Å². The van der Waals surface area contributed by atoms with Crippen LogP contribution in [0.3, 0.4) is 0 Å². The van der Waals surface area contributed by atoms with Crippen LogP contribution in [-0.4, -0.2) is 24.6 Å². The normalized spacial score (nSPS) is 11.4. The van der Waals surface area contributed by atoms with Gasteiger partial charge in [0.15, 0.2) is 11.5 Å². The highest BCUT2D eigenvalue weighted by Gasteiger charge is 2.27. The molecule has 6 nitrogen and oxygen atoms in total. The minimum Gasteiger partial charge on any atom is -0.493 e. The van der Waals surface area contributed by atoms with E-state index in [0.29, 0.717) is 34.0 Å². The largest absolute Gasteiger partial charge is 0.493 e. The molecule has 0 fully saturated rings. The van der Waals surface area contributed by atoms with E-state index in [2.05, 4.69) is 17.2 Å². The Bertz CT molecular complexity index is 1170. The lowest BCUT2D eigenvalue weighted by molar-refractivity contribution is 0.0910. The lowest BCUT2D eigenvalue weighted by atomic mass is 9.93. The van der Waals surface area contributed by atoms with Crippen molar-refractivity contribution in [3.05, 3.63) is 69.0 Å². The molecule has 0 unspecified atom stereocenters. The summed E-state index contributed by atoms with van der Waals surface area (Å²) in [4.78, 5) is 28.7. The summed E-state index contributed by atoms with van der Waals surface area (Å²) in [5, 5.41) is 4.14. The Morgan fingerprint density at radius 1 is 1.16 bits per heavy atom. The molecule has 32 heavy (non-hydrogen) atoms. The number of carbonyl (C=O) groups excluding carboxylic acids is 1. The number of hydrogen-bond acceptors (Lipinski definition) is 4. The molecule has 0 radical (unpaired) electrons. The quantitative estimate of drug-likeness (QED) is 0.421. The maximum absolute atomic E-state index is 13.0. The number of amides is 1. The summed E-state index contributed by atoms with van der Waals surface area (Å²) in [6.45, 7) is 6.32. The molecule has 0 aliphatic rings. The number of pyridine rings is 1. The average Bonchev–Trinajstić information content (AvgIpc) is 2.76. The Morgan fingerprint density at radius 2 is 1.91 bits per heavy atom. The van der Waals surface area contributed by atoms with Gasteiger partial charge in [-0.15, -0.1) is 0 Å². The van der Waals surface area contributed by atoms with E-state index in [1.165, 1.54) is 0 Å². The third kappa shape index (κ3) is 5.07. The number of hydrogen-bond donors (Lipinski definition) is 2. The molecule has 0 atom stereocenters. The van der Waals surface area contributed by atoms with Crippen molar-refractivity contribution in [2.45, 2.75) is 45.6 Å². The van der Waals surface area contributed by atoms with Crippen LogP contribution in [0.1, 0.15) is 56.0 Å². The maximum Gasteiger partial charge on any atom is 0.261 e. The van der Waals surface area contributed by atoms with Crippen molar-refractivity contribution in [3.63, 3.8) is 0 Å². The number of benzene rings is 2. The fraction of sp³-hybridized carbons (Fsp3) is 0.360. The Morgan fingerprint density at radius 3 is 2.59 bits per heavy atom. The van der Waals surface area contributed by atoms with Gasteiger partial charge in [-0.1, -0.05) is 49.6 Å². The second kappa shape index (κ2) is 10.1. The third-order valence-corrected chi connectivity index (χ3v) is 5.70. The number of nitrogens with one attached hydrogen (secondary N) is 2. The van der Waals surface area contributed by atoms with Crippen molar-refractivity contribution < 1.29 is 14.3 Å². The van der Waals surface area contributed by atoms with E-state index in [1.54, 1.807) is 31.4 Å². The van der Waals surface area contributed by atoms with Crippen molar-refractivity contribution in [2.75, 3.05) is 13.7 Å². The number of H-pyrrole nitrogens is 1. The molecular formula is C25H29ClN2O4. The van der Waals surface area contributed by atoms with Crippen LogP contribution in [0, 0.1) is 0 Å². The van der Waals surface area contributed by atoms with Gasteiger partial charge in [0, 0.05) is 10.4 Å². The summed E-state index contributed by atoms with van der Waals surface area (Å²) in [5.41, 5.74) is 0.00781. The molecule has 0 spiro atoms. The highest BCUT2D eigenvalue weighted by atomic mass is 35.5. The van der Waals surface area contributed by atoms with E-state index >= 15 is 0 Å². The predicted molar refractivity (Wildman–Crippen MR) is 128 cm³/mol. The molecule has 1 aromatic heterocycles. The van der Waals surface area contributed by atoms with Crippen LogP contribution < -0.4 is 20.3 Å². The summed E-state index contributed by atoms with van der Waals surface area (Å²) in [6.07, 6.45) is 3.03. The van der Waals surface area contributed by atoms with E-state index in [-0.39, 0.29) is 5.56 Å². The molecule has 0 saturated heterocycles. The van der Waals surface area contributed by atoms with E-state index in [9.17, 15) is 9.59 Å². The minimum atomic E-state index is -0.774. The first-order valence-corrected chi connectivity index (χ1v) is 11.1. The van der Waals surface area contributed by atoms with Gasteiger partial charge in [0.05, 0.1) is 24.8 Å². The fourth-order valence-corrected chi connectivity index (χ4v) is 3.99. The lowest BCUT2D eigenvalue weighted by Gasteiger charge is -2.27. The molecule has 0 aliphatic heterocycles. The molecule has 170 valence electrons. The van der Waals surface area contributed by atoms with Crippen LogP contribution in [0.4, 0.5) is 0 Å². The average molecular weight is 457 g/mol. The molecule has 2 aromatic carbocycles. The smallest absolute Gasteiger partial charge is 0.261 e. The third-order valence-electron chi connectivity index (χ3n) is 5.37. The summed E-state index contributed by atoms with van der Waals surface area (Å²) >= 11 is 6.31. The van der Waals surface area contributed by atoms with E-state index in [0.717, 1.165) is 24.8 Å². The Labute approximate surface area is 192 Å². The fourth-order valence-electron chi connectivity index (χ4n) is 3.62. The summed E-state index contributed by atoms with van der Waals surface area (Å²) in [6, 6.07) is 12.4. The lowest BCUT2D eigenvalue weighted by Crippen LogP contribution is -2.43. The van der Waals surface area contributed by atoms with Crippen LogP contribution in [-0.2, 0) is 5.54 Å². The molecule has 1 amide bonds. The van der Waals surface area contributed by atoms with Crippen LogP contribution in [0.2, 0.25) is 5.02 Å². The highest BCUT2D eigenvalue weighted by Crippen LogP contribution is 2.34. The molecule has 1 heterocycles. The molecule has 0 saturated carbocycles. The van der Waals surface area contributed by atoms with Crippen molar-refractivity contribution in [2.24, 2.45) is 0 Å². The number of fused-ring (bicyclic) bond motifs is 1. The first kappa shape index (κ1) is 23.7. The molecule has 7 heteroatoms. The number of aromatic amines is 1. The first-order valence-electron chi connectivity index (χ1n) is 10.7. The minimum absolute atomic E-state index is 0.0136. The molecular weight excluding hydrogens is 428 g/mol. The number of halogens is 1.